The van der Waals surface area contributed by atoms with Gasteiger partial charge in [-0.05, 0) is 56.2 Å². The molecule has 4 heterocycles. The summed E-state index contributed by atoms with van der Waals surface area (Å²) in [6, 6.07) is 3.96. The largest absolute Gasteiger partial charge is 0.352 e. The average molecular weight is 420 g/mol. The fourth-order valence-electron chi connectivity index (χ4n) is 4.72. The van der Waals surface area contributed by atoms with Gasteiger partial charge in [-0.2, -0.15) is 0 Å². The first-order valence-corrected chi connectivity index (χ1v) is 11.9. The standard InChI is InChI=1S/C23H25N5OS/c29-23(15-7-8-15)28-12-10-27(11-13-28)21-19-17-5-1-2-6-18(17)30-22(19)26-20(25-21)16-4-3-9-24-14-16/h3-4,9,14-15H,1-2,5-8,10-13H2. The summed E-state index contributed by atoms with van der Waals surface area (Å²) in [5.74, 6) is 2.45. The van der Waals surface area contributed by atoms with Crippen LogP contribution in [0.4, 0.5) is 5.82 Å². The molecule has 2 aliphatic carbocycles. The van der Waals surface area contributed by atoms with Crippen LogP contribution in [0, 0.1) is 5.92 Å². The average Bonchev–Trinajstić information content (AvgIpc) is 3.59. The van der Waals surface area contributed by atoms with Crippen LogP contribution in [0.1, 0.15) is 36.1 Å². The van der Waals surface area contributed by atoms with Crippen LogP contribution in [-0.2, 0) is 17.6 Å². The van der Waals surface area contributed by atoms with Gasteiger partial charge in [0, 0.05) is 54.9 Å². The summed E-state index contributed by atoms with van der Waals surface area (Å²) < 4.78 is 0. The maximum Gasteiger partial charge on any atom is 0.225 e. The van der Waals surface area contributed by atoms with Crippen molar-refractivity contribution in [3.05, 3.63) is 35.0 Å². The van der Waals surface area contributed by atoms with Crippen molar-refractivity contribution < 1.29 is 4.79 Å². The Kier molecular flexibility index (Phi) is 4.44. The monoisotopic (exact) mass is 419 g/mol. The lowest BCUT2D eigenvalue weighted by Gasteiger charge is -2.36. The highest BCUT2D eigenvalue weighted by atomic mass is 32.1. The quantitative estimate of drug-likeness (QED) is 0.648. The zero-order valence-electron chi connectivity index (χ0n) is 17.0. The number of carbonyl (C=O) groups excluding carboxylic acids is 1. The molecule has 1 aliphatic heterocycles. The summed E-state index contributed by atoms with van der Waals surface area (Å²) in [5, 5.41) is 1.25. The Morgan fingerprint density at radius 3 is 2.67 bits per heavy atom. The van der Waals surface area contributed by atoms with Crippen molar-refractivity contribution >= 4 is 33.3 Å². The SMILES string of the molecule is O=C(C1CC1)N1CCN(c2nc(-c3cccnc3)nc3sc4c(c23)CCCC4)CC1. The minimum Gasteiger partial charge on any atom is -0.352 e. The van der Waals surface area contributed by atoms with E-state index in [4.69, 9.17) is 9.97 Å². The molecule has 6 rings (SSSR count). The Labute approximate surface area is 180 Å². The van der Waals surface area contributed by atoms with Crippen LogP contribution in [0.2, 0.25) is 0 Å². The molecule has 1 amide bonds. The molecule has 1 saturated heterocycles. The summed E-state index contributed by atoms with van der Waals surface area (Å²) in [4.78, 5) is 33.8. The van der Waals surface area contributed by atoms with E-state index in [1.807, 2.05) is 29.7 Å². The lowest BCUT2D eigenvalue weighted by molar-refractivity contribution is -0.132. The second-order valence-electron chi connectivity index (χ2n) is 8.59. The number of aryl methyl sites for hydroxylation is 2. The molecule has 3 aromatic heterocycles. The molecular formula is C23H25N5OS. The number of thiophene rings is 1. The van der Waals surface area contributed by atoms with E-state index in [9.17, 15) is 4.79 Å². The van der Waals surface area contributed by atoms with E-state index in [0.29, 0.717) is 11.8 Å². The number of carbonyl (C=O) groups is 1. The van der Waals surface area contributed by atoms with Crippen LogP contribution in [0.3, 0.4) is 0 Å². The molecule has 0 radical (unpaired) electrons. The first-order valence-electron chi connectivity index (χ1n) is 11.0. The third-order valence-corrected chi connectivity index (χ3v) is 7.72. The molecular weight excluding hydrogens is 394 g/mol. The van der Waals surface area contributed by atoms with E-state index < -0.39 is 0 Å². The van der Waals surface area contributed by atoms with Crippen LogP contribution in [0.15, 0.2) is 24.5 Å². The highest BCUT2D eigenvalue weighted by Gasteiger charge is 2.35. The fourth-order valence-corrected chi connectivity index (χ4v) is 5.97. The zero-order valence-corrected chi connectivity index (χ0v) is 17.8. The zero-order chi connectivity index (χ0) is 20.1. The Morgan fingerprint density at radius 2 is 1.90 bits per heavy atom. The van der Waals surface area contributed by atoms with Gasteiger partial charge in [-0.1, -0.05) is 0 Å². The summed E-state index contributed by atoms with van der Waals surface area (Å²) in [6.07, 6.45) is 10.5. The van der Waals surface area contributed by atoms with Gasteiger partial charge in [0.05, 0.1) is 5.39 Å². The second kappa shape index (κ2) is 7.30. The molecule has 0 N–H and O–H groups in total. The first-order chi connectivity index (χ1) is 14.8. The molecule has 2 fully saturated rings. The van der Waals surface area contributed by atoms with Crippen LogP contribution in [0.5, 0.6) is 0 Å². The number of amides is 1. The van der Waals surface area contributed by atoms with Crippen LogP contribution in [0.25, 0.3) is 21.6 Å². The van der Waals surface area contributed by atoms with E-state index in [0.717, 1.165) is 73.9 Å². The molecule has 0 spiro atoms. The van der Waals surface area contributed by atoms with Crippen molar-refractivity contribution in [3.8, 4) is 11.4 Å². The molecule has 3 aromatic rings. The van der Waals surface area contributed by atoms with Crippen LogP contribution >= 0.6 is 11.3 Å². The number of hydrogen-bond acceptors (Lipinski definition) is 6. The lowest BCUT2D eigenvalue weighted by atomic mass is 9.96. The minimum atomic E-state index is 0.295. The van der Waals surface area contributed by atoms with Gasteiger partial charge in [0.1, 0.15) is 10.6 Å². The van der Waals surface area contributed by atoms with E-state index in [1.165, 1.54) is 28.7 Å². The maximum atomic E-state index is 12.5. The highest BCUT2D eigenvalue weighted by molar-refractivity contribution is 7.19. The molecule has 1 saturated carbocycles. The summed E-state index contributed by atoms with van der Waals surface area (Å²) in [5.41, 5.74) is 2.42. The van der Waals surface area contributed by atoms with Crippen molar-refractivity contribution in [2.24, 2.45) is 5.92 Å². The van der Waals surface area contributed by atoms with Crippen molar-refractivity contribution in [3.63, 3.8) is 0 Å². The number of nitrogens with zero attached hydrogens (tertiary/aromatic N) is 5. The second-order valence-corrected chi connectivity index (χ2v) is 9.67. The number of rotatable bonds is 3. The Morgan fingerprint density at radius 1 is 1.07 bits per heavy atom. The number of anilines is 1. The van der Waals surface area contributed by atoms with E-state index in [-0.39, 0.29) is 0 Å². The Balaban J connectivity index is 1.40. The third-order valence-electron chi connectivity index (χ3n) is 6.53. The number of hydrogen-bond donors (Lipinski definition) is 0. The molecule has 6 nitrogen and oxygen atoms in total. The molecule has 3 aliphatic rings. The number of piperazine rings is 1. The molecule has 0 unspecified atom stereocenters. The first kappa shape index (κ1) is 18.2. The predicted octanol–water partition coefficient (Wildman–Crippen LogP) is 3.69. The van der Waals surface area contributed by atoms with Gasteiger partial charge in [0.15, 0.2) is 5.82 Å². The maximum absolute atomic E-state index is 12.5. The van der Waals surface area contributed by atoms with Crippen molar-refractivity contribution in [2.75, 3.05) is 31.1 Å². The van der Waals surface area contributed by atoms with E-state index in [1.54, 1.807) is 6.20 Å². The van der Waals surface area contributed by atoms with Crippen molar-refractivity contribution in [1.82, 2.24) is 19.9 Å². The van der Waals surface area contributed by atoms with Gasteiger partial charge in [-0.3, -0.25) is 9.78 Å². The predicted molar refractivity (Wildman–Crippen MR) is 119 cm³/mol. The molecule has 30 heavy (non-hydrogen) atoms. The molecule has 154 valence electrons. The molecule has 0 bridgehead atoms. The van der Waals surface area contributed by atoms with Gasteiger partial charge in [-0.15, -0.1) is 11.3 Å². The van der Waals surface area contributed by atoms with E-state index in [2.05, 4.69) is 14.8 Å². The number of fused-ring (bicyclic) bond motifs is 3. The van der Waals surface area contributed by atoms with E-state index >= 15 is 0 Å². The highest BCUT2D eigenvalue weighted by Crippen LogP contribution is 2.41. The Hall–Kier alpha value is -2.54. The third kappa shape index (κ3) is 3.16. The van der Waals surface area contributed by atoms with Gasteiger partial charge in [0.25, 0.3) is 0 Å². The Bertz CT molecular complexity index is 1100. The lowest BCUT2D eigenvalue weighted by Crippen LogP contribution is -2.49. The molecule has 7 heteroatoms. The summed E-state index contributed by atoms with van der Waals surface area (Å²) in [7, 11) is 0. The topological polar surface area (TPSA) is 62.2 Å². The number of aromatic nitrogens is 3. The summed E-state index contributed by atoms with van der Waals surface area (Å²) >= 11 is 1.84. The van der Waals surface area contributed by atoms with Gasteiger partial charge in [0.2, 0.25) is 5.91 Å². The normalized spacial score (nSPS) is 19.2. The van der Waals surface area contributed by atoms with Gasteiger partial charge >= 0.3 is 0 Å². The summed E-state index contributed by atoms with van der Waals surface area (Å²) in [6.45, 7) is 3.24. The van der Waals surface area contributed by atoms with Gasteiger partial charge in [-0.25, -0.2) is 9.97 Å². The van der Waals surface area contributed by atoms with Crippen molar-refractivity contribution in [2.45, 2.75) is 38.5 Å². The molecule has 0 aromatic carbocycles. The number of pyridine rings is 1. The van der Waals surface area contributed by atoms with Crippen LogP contribution in [-0.4, -0.2) is 51.9 Å². The van der Waals surface area contributed by atoms with Crippen molar-refractivity contribution in [1.29, 1.82) is 0 Å². The van der Waals surface area contributed by atoms with Gasteiger partial charge < -0.3 is 9.80 Å². The minimum absolute atomic E-state index is 0.295. The molecule has 0 atom stereocenters. The van der Waals surface area contributed by atoms with Crippen LogP contribution < -0.4 is 4.90 Å². The fraction of sp³-hybridized carbons (Fsp3) is 0.478. The smallest absolute Gasteiger partial charge is 0.225 e.